The van der Waals surface area contributed by atoms with Crippen molar-refractivity contribution in [3.63, 3.8) is 0 Å². The predicted molar refractivity (Wildman–Crippen MR) is 57.8 cm³/mol. The number of aromatic nitrogens is 3. The highest BCUT2D eigenvalue weighted by Crippen LogP contribution is 2.18. The minimum absolute atomic E-state index is 0.194. The van der Waals surface area contributed by atoms with Gasteiger partial charge in [-0.25, -0.2) is 4.98 Å². The van der Waals surface area contributed by atoms with Crippen LogP contribution in [0.5, 0.6) is 0 Å². The van der Waals surface area contributed by atoms with E-state index >= 15 is 0 Å². The molecule has 2 heterocycles. The number of aliphatic hydroxyl groups is 2. The topological polar surface area (TPSA) is 70.7 Å². The Bertz CT molecular complexity index is 459. The average molecular weight is 225 g/mol. The molecule has 5 nitrogen and oxygen atoms in total. The normalized spacial score (nSPS) is 15.4. The first kappa shape index (κ1) is 10.4. The van der Waals surface area contributed by atoms with Gasteiger partial charge in [-0.1, -0.05) is 0 Å². The van der Waals surface area contributed by atoms with Gasteiger partial charge in [0.2, 0.25) is 0 Å². The zero-order chi connectivity index (χ0) is 10.8. The van der Waals surface area contributed by atoms with Crippen molar-refractivity contribution in [2.75, 3.05) is 5.75 Å². The van der Waals surface area contributed by atoms with Gasteiger partial charge in [-0.05, 0) is 0 Å². The number of hydrogen-bond donors (Lipinski definition) is 3. The van der Waals surface area contributed by atoms with Gasteiger partial charge in [0.05, 0.1) is 24.2 Å². The molecule has 0 radical (unpaired) electrons. The van der Waals surface area contributed by atoms with E-state index in [9.17, 15) is 10.2 Å². The first-order valence-electron chi connectivity index (χ1n) is 4.48. The fourth-order valence-corrected chi connectivity index (χ4v) is 1.58. The number of nitrogens with zero attached hydrogens (tertiary/aromatic N) is 3. The van der Waals surface area contributed by atoms with Crippen LogP contribution in [-0.4, -0.2) is 36.4 Å². The van der Waals surface area contributed by atoms with Crippen LogP contribution in [0, 0.1) is 0 Å². The Morgan fingerprint density at radius 2 is 2.20 bits per heavy atom. The third-order valence-electron chi connectivity index (χ3n) is 2.20. The molecule has 80 valence electrons. The van der Waals surface area contributed by atoms with Gasteiger partial charge in [0, 0.05) is 18.1 Å². The fourth-order valence-electron chi connectivity index (χ4n) is 1.38. The van der Waals surface area contributed by atoms with Crippen molar-refractivity contribution < 1.29 is 10.2 Å². The molecule has 0 aliphatic rings. The highest BCUT2D eigenvalue weighted by Gasteiger charge is 2.20. The maximum atomic E-state index is 9.80. The lowest BCUT2D eigenvalue weighted by Crippen LogP contribution is -2.21. The smallest absolute Gasteiger partial charge is 0.155 e. The summed E-state index contributed by atoms with van der Waals surface area (Å²) < 4.78 is 1.68. The largest absolute Gasteiger partial charge is 0.389 e. The van der Waals surface area contributed by atoms with Crippen molar-refractivity contribution >= 4 is 18.3 Å². The molecule has 2 aromatic heterocycles. The summed E-state index contributed by atoms with van der Waals surface area (Å²) >= 11 is 3.93. The second-order valence-corrected chi connectivity index (χ2v) is 3.55. The molecule has 0 bridgehead atoms. The van der Waals surface area contributed by atoms with Crippen LogP contribution >= 0.6 is 12.6 Å². The van der Waals surface area contributed by atoms with Crippen molar-refractivity contribution in [1.82, 2.24) is 14.4 Å². The summed E-state index contributed by atoms with van der Waals surface area (Å²) in [6.45, 7) is 0. The maximum absolute atomic E-state index is 9.80. The number of fused-ring (bicyclic) bond motifs is 1. The van der Waals surface area contributed by atoms with E-state index < -0.39 is 12.2 Å². The number of thiol groups is 1. The van der Waals surface area contributed by atoms with Crippen LogP contribution < -0.4 is 0 Å². The van der Waals surface area contributed by atoms with Gasteiger partial charge >= 0.3 is 0 Å². The van der Waals surface area contributed by atoms with E-state index in [0.29, 0.717) is 11.3 Å². The Hall–Kier alpha value is -1.11. The van der Waals surface area contributed by atoms with Crippen LogP contribution in [-0.2, 0) is 0 Å². The summed E-state index contributed by atoms with van der Waals surface area (Å²) in [6.07, 6.45) is 4.50. The summed E-state index contributed by atoms with van der Waals surface area (Å²) in [5, 5.41) is 19.3. The number of rotatable bonds is 3. The Labute approximate surface area is 91.8 Å². The van der Waals surface area contributed by atoms with Gasteiger partial charge in [-0.2, -0.15) is 12.6 Å². The molecule has 0 aromatic carbocycles. The molecule has 2 rings (SSSR count). The fraction of sp³-hybridized carbons (Fsp3) is 0.333. The van der Waals surface area contributed by atoms with Crippen LogP contribution in [0.4, 0.5) is 0 Å². The summed E-state index contributed by atoms with van der Waals surface area (Å²) in [5.74, 6) is 0.194. The third-order valence-corrected chi connectivity index (χ3v) is 2.57. The van der Waals surface area contributed by atoms with Gasteiger partial charge in [0.1, 0.15) is 6.10 Å². The first-order chi connectivity index (χ1) is 7.24. The molecule has 2 aromatic rings. The highest BCUT2D eigenvalue weighted by atomic mass is 32.1. The molecule has 0 spiro atoms. The van der Waals surface area contributed by atoms with Crippen molar-refractivity contribution in [2.24, 2.45) is 0 Å². The molecular formula is C9H11N3O2S. The first-order valence-corrected chi connectivity index (χ1v) is 5.11. The minimum atomic E-state index is -0.986. The van der Waals surface area contributed by atoms with Gasteiger partial charge in [0.25, 0.3) is 0 Å². The van der Waals surface area contributed by atoms with E-state index in [0.717, 1.165) is 0 Å². The minimum Gasteiger partial charge on any atom is -0.389 e. The predicted octanol–water partition coefficient (Wildman–Crippen LogP) is 0.0534. The molecule has 0 saturated carbocycles. The van der Waals surface area contributed by atoms with Crippen LogP contribution in [0.3, 0.4) is 0 Å². The molecule has 2 atom stereocenters. The lowest BCUT2D eigenvalue weighted by molar-refractivity contribution is 0.0305. The molecular weight excluding hydrogens is 214 g/mol. The number of hydrogen-bond acceptors (Lipinski definition) is 5. The lowest BCUT2D eigenvalue weighted by atomic mass is 10.2. The Balaban J connectivity index is 2.43. The lowest BCUT2D eigenvalue weighted by Gasteiger charge is -2.14. The molecule has 15 heavy (non-hydrogen) atoms. The summed E-state index contributed by atoms with van der Waals surface area (Å²) in [7, 11) is 0. The maximum Gasteiger partial charge on any atom is 0.155 e. The van der Waals surface area contributed by atoms with Crippen molar-refractivity contribution in [2.45, 2.75) is 12.2 Å². The summed E-state index contributed by atoms with van der Waals surface area (Å²) in [4.78, 5) is 7.97. The number of aliphatic hydroxyl groups excluding tert-OH is 2. The Morgan fingerprint density at radius 1 is 1.40 bits per heavy atom. The zero-order valence-corrected chi connectivity index (χ0v) is 8.75. The average Bonchev–Trinajstić information content (AvgIpc) is 2.70. The van der Waals surface area contributed by atoms with Crippen LogP contribution in [0.1, 0.15) is 11.8 Å². The van der Waals surface area contributed by atoms with Crippen LogP contribution in [0.2, 0.25) is 0 Å². The molecule has 0 aliphatic heterocycles. The van der Waals surface area contributed by atoms with E-state index in [2.05, 4.69) is 22.6 Å². The second-order valence-electron chi connectivity index (χ2n) is 3.18. The summed E-state index contributed by atoms with van der Waals surface area (Å²) in [5.41, 5.74) is 1.17. The van der Waals surface area contributed by atoms with E-state index in [1.165, 1.54) is 6.20 Å². The molecule has 2 unspecified atom stereocenters. The van der Waals surface area contributed by atoms with E-state index in [1.54, 1.807) is 23.0 Å². The number of imidazole rings is 1. The Kier molecular flexibility index (Phi) is 2.90. The van der Waals surface area contributed by atoms with Gasteiger partial charge in [-0.3, -0.25) is 9.38 Å². The molecule has 0 aliphatic carbocycles. The van der Waals surface area contributed by atoms with Gasteiger partial charge < -0.3 is 10.2 Å². The van der Waals surface area contributed by atoms with Gasteiger partial charge in [0.15, 0.2) is 5.65 Å². The van der Waals surface area contributed by atoms with E-state index in [4.69, 9.17) is 0 Å². The third kappa shape index (κ3) is 1.83. The van der Waals surface area contributed by atoms with Crippen molar-refractivity contribution in [1.29, 1.82) is 0 Å². The van der Waals surface area contributed by atoms with Crippen LogP contribution in [0.25, 0.3) is 5.65 Å². The van der Waals surface area contributed by atoms with E-state index in [-0.39, 0.29) is 5.75 Å². The van der Waals surface area contributed by atoms with Crippen molar-refractivity contribution in [3.05, 3.63) is 30.5 Å². The molecule has 2 N–H and O–H groups in total. The molecule has 0 saturated heterocycles. The standard InChI is InChI=1S/C9H11N3O2S/c13-7(5-15)9(14)6-3-11-8-4-10-1-2-12(6)8/h1-4,7,9,13-15H,5H2. The van der Waals surface area contributed by atoms with Crippen molar-refractivity contribution in [3.8, 4) is 0 Å². The summed E-state index contributed by atoms with van der Waals surface area (Å²) in [6, 6.07) is 0. The molecule has 0 fully saturated rings. The zero-order valence-electron chi connectivity index (χ0n) is 7.85. The Morgan fingerprint density at radius 3 is 2.93 bits per heavy atom. The second kappa shape index (κ2) is 4.18. The molecule has 0 amide bonds. The van der Waals surface area contributed by atoms with Gasteiger partial charge in [-0.15, -0.1) is 0 Å². The monoisotopic (exact) mass is 225 g/mol. The SMILES string of the molecule is OC(CS)C(O)c1cnc2cnccn12. The van der Waals surface area contributed by atoms with Crippen LogP contribution in [0.15, 0.2) is 24.8 Å². The molecule has 6 heteroatoms. The quantitative estimate of drug-likeness (QED) is 0.646. The van der Waals surface area contributed by atoms with E-state index in [1.807, 2.05) is 0 Å². The highest BCUT2D eigenvalue weighted by molar-refractivity contribution is 7.80.